The summed E-state index contributed by atoms with van der Waals surface area (Å²) in [6.45, 7) is 4.16. The van der Waals surface area contributed by atoms with Crippen molar-refractivity contribution >= 4 is 19.8 Å². The molecule has 53 heavy (non-hydrogen) atoms. The number of likely N-dealkylation sites (N-methyl/N-ethyl adjacent to an activating group) is 1. The number of hydrogen-bond donors (Lipinski definition) is 2. The summed E-state index contributed by atoms with van der Waals surface area (Å²) >= 11 is 0. The molecule has 3 atom stereocenters. The van der Waals surface area contributed by atoms with Crippen molar-refractivity contribution in [3.63, 3.8) is 0 Å². The van der Waals surface area contributed by atoms with E-state index in [9.17, 15) is 24.2 Å². The Bertz CT molecular complexity index is 1020. The van der Waals surface area contributed by atoms with Crippen LogP contribution in [0.25, 0.3) is 0 Å². The second kappa shape index (κ2) is 34.7. The zero-order valence-electron chi connectivity index (χ0n) is 34.4. The highest BCUT2D eigenvalue weighted by atomic mass is 31.2. The second-order valence-electron chi connectivity index (χ2n) is 15.2. The first-order chi connectivity index (χ1) is 25.4. The number of carbonyl (C=O) groups excluding carboxylic acids is 2. The monoisotopic (exact) mass is 773 g/mol. The fourth-order valence-corrected chi connectivity index (χ4v) is 6.20. The zero-order valence-corrected chi connectivity index (χ0v) is 35.3. The van der Waals surface area contributed by atoms with Crippen molar-refractivity contribution in [3.8, 4) is 0 Å². The predicted octanol–water partition coefficient (Wildman–Crippen LogP) is 10.3. The Morgan fingerprint density at radius 1 is 0.679 bits per heavy atom. The molecule has 0 rings (SSSR count). The van der Waals surface area contributed by atoms with E-state index in [0.717, 1.165) is 57.8 Å². The third-order valence-electron chi connectivity index (χ3n) is 8.76. The molecule has 0 spiro atoms. The molecular weight excluding hydrogens is 693 g/mol. The van der Waals surface area contributed by atoms with E-state index in [-0.39, 0.29) is 26.1 Å². The molecule has 0 aromatic rings. The number of nitrogens with zero attached hydrogens (tertiary/aromatic N) is 1. The molecule has 0 fully saturated rings. The predicted molar refractivity (Wildman–Crippen MR) is 216 cm³/mol. The van der Waals surface area contributed by atoms with Gasteiger partial charge in [-0.05, 0) is 38.5 Å². The number of phosphoric ester groups is 1. The number of ether oxygens (including phenoxy) is 2. The van der Waals surface area contributed by atoms with Gasteiger partial charge in [0.1, 0.15) is 19.8 Å². The molecule has 0 bridgehead atoms. The first-order valence-electron chi connectivity index (χ1n) is 20.8. The molecule has 0 aliphatic heterocycles. The molecule has 11 heteroatoms. The molecule has 10 nitrogen and oxygen atoms in total. The lowest BCUT2D eigenvalue weighted by Gasteiger charge is -2.24. The molecule has 0 radical (unpaired) electrons. The van der Waals surface area contributed by atoms with Gasteiger partial charge in [-0.2, -0.15) is 0 Å². The minimum Gasteiger partial charge on any atom is -0.462 e. The van der Waals surface area contributed by atoms with Crippen molar-refractivity contribution in [3.05, 3.63) is 36.5 Å². The van der Waals surface area contributed by atoms with E-state index < -0.39 is 38.6 Å². The molecule has 0 saturated carbocycles. The van der Waals surface area contributed by atoms with Gasteiger partial charge in [-0.1, -0.05) is 147 Å². The molecule has 0 aromatic heterocycles. The highest BCUT2D eigenvalue weighted by Crippen LogP contribution is 2.43. The number of allylic oxidation sites excluding steroid dienone is 4. The maximum Gasteiger partial charge on any atom is 0.472 e. The fourth-order valence-electron chi connectivity index (χ4n) is 5.46. The van der Waals surface area contributed by atoms with Gasteiger partial charge in [0, 0.05) is 12.8 Å². The first-order valence-corrected chi connectivity index (χ1v) is 22.3. The Balaban J connectivity index is 4.45. The largest absolute Gasteiger partial charge is 0.472 e. The van der Waals surface area contributed by atoms with Gasteiger partial charge in [0.25, 0.3) is 0 Å². The maximum atomic E-state index is 12.6. The van der Waals surface area contributed by atoms with Gasteiger partial charge in [0.05, 0.1) is 33.9 Å². The third-order valence-corrected chi connectivity index (χ3v) is 9.75. The van der Waals surface area contributed by atoms with Gasteiger partial charge < -0.3 is 24.0 Å². The molecule has 0 heterocycles. The smallest absolute Gasteiger partial charge is 0.462 e. The van der Waals surface area contributed by atoms with Crippen LogP contribution in [0.1, 0.15) is 162 Å². The van der Waals surface area contributed by atoms with E-state index in [1.54, 1.807) is 6.08 Å². The number of aliphatic hydroxyl groups is 1. The Morgan fingerprint density at radius 2 is 1.23 bits per heavy atom. The quantitative estimate of drug-likeness (QED) is 0.0158. The molecule has 2 unspecified atom stereocenters. The van der Waals surface area contributed by atoms with E-state index in [1.165, 1.54) is 57.8 Å². The highest BCUT2D eigenvalue weighted by molar-refractivity contribution is 7.47. The summed E-state index contributed by atoms with van der Waals surface area (Å²) < 4.78 is 34.2. The van der Waals surface area contributed by atoms with E-state index in [2.05, 4.69) is 19.9 Å². The molecule has 310 valence electrons. The van der Waals surface area contributed by atoms with Crippen LogP contribution in [0.2, 0.25) is 0 Å². The third kappa shape index (κ3) is 38.3. The first kappa shape index (κ1) is 51.2. The van der Waals surface area contributed by atoms with Crippen LogP contribution in [0.5, 0.6) is 0 Å². The van der Waals surface area contributed by atoms with E-state index >= 15 is 0 Å². The Hall–Kier alpha value is -1.81. The molecule has 0 aromatic carbocycles. The summed E-state index contributed by atoms with van der Waals surface area (Å²) in [7, 11) is 1.43. The SMILES string of the molecule is CC/C=C/CC(O)/C=C/C=C/CCCCCCCC(=O)OC[C@H](COP(=O)(O)OCC[N+](C)(C)C)OC(=O)CCCCCCCCCCCCCCC. The van der Waals surface area contributed by atoms with Gasteiger partial charge in [-0.25, -0.2) is 4.57 Å². The summed E-state index contributed by atoms with van der Waals surface area (Å²) in [5.74, 6) is -0.851. The van der Waals surface area contributed by atoms with Crippen LogP contribution in [0.3, 0.4) is 0 Å². The van der Waals surface area contributed by atoms with Gasteiger partial charge in [0.15, 0.2) is 6.10 Å². The number of unbranched alkanes of at least 4 members (excludes halogenated alkanes) is 17. The Labute approximate surface area is 324 Å². The number of phosphoric acid groups is 1. The van der Waals surface area contributed by atoms with Gasteiger partial charge in [-0.3, -0.25) is 18.6 Å². The van der Waals surface area contributed by atoms with Crippen molar-refractivity contribution in [2.24, 2.45) is 0 Å². The van der Waals surface area contributed by atoms with E-state index in [0.29, 0.717) is 30.3 Å². The number of quaternary nitrogens is 1. The molecule has 0 amide bonds. The molecule has 0 aliphatic carbocycles. The number of rotatable bonds is 37. The standard InChI is InChI=1S/C42H78NO9P/c1-6-8-10-11-12-13-14-15-16-19-23-26-30-34-42(46)52-40(38-51-53(47,48)50-36-35-43(3,4)5)37-49-41(45)33-29-25-22-20-17-18-21-24-28-32-39(44)31-27-9-7-2/h9,21,24,27-28,32,39-40,44H,6-8,10-20,22-23,25-26,29-31,33-38H2,1-5H3/p+1/b24-21+,27-9+,32-28+/t39?,40-/m1/s1. The number of esters is 2. The normalized spacial score (nSPS) is 14.6. The Kier molecular flexibility index (Phi) is 33.5. The van der Waals surface area contributed by atoms with Crippen molar-refractivity contribution in [1.82, 2.24) is 0 Å². The van der Waals surface area contributed by atoms with Crippen LogP contribution in [0, 0.1) is 0 Å². The minimum absolute atomic E-state index is 0.0201. The second-order valence-corrected chi connectivity index (χ2v) is 16.7. The van der Waals surface area contributed by atoms with E-state index in [1.807, 2.05) is 45.4 Å². The fraction of sp³-hybridized carbons (Fsp3) is 0.810. The summed E-state index contributed by atoms with van der Waals surface area (Å²) in [5, 5.41) is 9.87. The average Bonchev–Trinajstić information content (AvgIpc) is 3.09. The molecule has 2 N–H and O–H groups in total. The summed E-state index contributed by atoms with van der Waals surface area (Å²) in [4.78, 5) is 35.3. The van der Waals surface area contributed by atoms with Gasteiger partial charge in [-0.15, -0.1) is 0 Å². The molecular formula is C42H79NO9P+. The summed E-state index contributed by atoms with van der Waals surface area (Å²) in [5.41, 5.74) is 0. The van der Waals surface area contributed by atoms with Crippen LogP contribution in [0.4, 0.5) is 0 Å². The number of hydrogen-bond acceptors (Lipinski definition) is 8. The molecule has 0 aliphatic rings. The van der Waals surface area contributed by atoms with Gasteiger partial charge >= 0.3 is 19.8 Å². The highest BCUT2D eigenvalue weighted by Gasteiger charge is 2.27. The molecule has 0 saturated heterocycles. The van der Waals surface area contributed by atoms with Crippen molar-refractivity contribution in [1.29, 1.82) is 0 Å². The van der Waals surface area contributed by atoms with Crippen molar-refractivity contribution in [2.45, 2.75) is 174 Å². The summed E-state index contributed by atoms with van der Waals surface area (Å²) in [6, 6.07) is 0. The van der Waals surface area contributed by atoms with E-state index in [4.69, 9.17) is 18.5 Å². The average molecular weight is 773 g/mol. The van der Waals surface area contributed by atoms with Crippen LogP contribution in [0.15, 0.2) is 36.5 Å². The topological polar surface area (TPSA) is 129 Å². The van der Waals surface area contributed by atoms with Crippen molar-refractivity contribution < 1.29 is 47.2 Å². The lowest BCUT2D eigenvalue weighted by molar-refractivity contribution is -0.870. The lowest BCUT2D eigenvalue weighted by Crippen LogP contribution is -2.37. The van der Waals surface area contributed by atoms with Crippen LogP contribution in [-0.4, -0.2) is 86.1 Å². The van der Waals surface area contributed by atoms with Crippen LogP contribution >= 0.6 is 7.82 Å². The zero-order chi connectivity index (χ0) is 39.5. The van der Waals surface area contributed by atoms with Gasteiger partial charge in [0.2, 0.25) is 0 Å². The number of aliphatic hydroxyl groups excluding tert-OH is 1. The number of carbonyl (C=O) groups is 2. The summed E-state index contributed by atoms with van der Waals surface area (Å²) in [6.07, 6.45) is 33.7. The Morgan fingerprint density at radius 3 is 1.79 bits per heavy atom. The van der Waals surface area contributed by atoms with Crippen LogP contribution in [-0.2, 0) is 32.7 Å². The van der Waals surface area contributed by atoms with Crippen molar-refractivity contribution in [2.75, 3.05) is 47.5 Å². The van der Waals surface area contributed by atoms with Crippen LogP contribution < -0.4 is 0 Å². The maximum absolute atomic E-state index is 12.6. The lowest BCUT2D eigenvalue weighted by atomic mass is 10.0. The minimum atomic E-state index is -4.38.